The van der Waals surface area contributed by atoms with Crippen molar-refractivity contribution in [2.45, 2.75) is 65.5 Å². The Labute approximate surface area is 109 Å². The van der Waals surface area contributed by atoms with Crippen LogP contribution in [0.1, 0.15) is 50.3 Å². The molecule has 1 aromatic rings. The molecule has 1 amide bonds. The van der Waals surface area contributed by atoms with Crippen molar-refractivity contribution in [1.29, 1.82) is 0 Å². The Morgan fingerprint density at radius 1 is 1.39 bits per heavy atom. The minimum absolute atomic E-state index is 0.127. The first kappa shape index (κ1) is 13.1. The van der Waals surface area contributed by atoms with Gasteiger partial charge in [-0.25, -0.2) is 4.98 Å². The number of hydrogen-bond acceptors (Lipinski definition) is 2. The highest BCUT2D eigenvalue weighted by Crippen LogP contribution is 2.22. The van der Waals surface area contributed by atoms with E-state index in [0.717, 1.165) is 25.2 Å². The van der Waals surface area contributed by atoms with E-state index in [0.29, 0.717) is 6.42 Å². The topological polar surface area (TPSA) is 46.9 Å². The van der Waals surface area contributed by atoms with E-state index in [2.05, 4.69) is 14.9 Å². The number of nitrogens with zero attached hydrogens (tertiary/aromatic N) is 2. The maximum atomic E-state index is 11.7. The van der Waals surface area contributed by atoms with Crippen LogP contribution in [0.3, 0.4) is 0 Å². The normalized spacial score (nSPS) is 14.7. The number of aromatic nitrogens is 2. The molecule has 1 aliphatic rings. The van der Waals surface area contributed by atoms with Gasteiger partial charge in [-0.2, -0.15) is 0 Å². The molecule has 0 saturated carbocycles. The molecule has 0 radical (unpaired) electrons. The van der Waals surface area contributed by atoms with E-state index in [1.54, 1.807) is 0 Å². The summed E-state index contributed by atoms with van der Waals surface area (Å²) in [6, 6.07) is 0.218. The number of fused-ring (bicyclic) bond motifs is 1. The molecule has 2 rings (SSSR count). The fourth-order valence-corrected chi connectivity index (χ4v) is 2.64. The van der Waals surface area contributed by atoms with Gasteiger partial charge in [0.1, 0.15) is 5.82 Å². The molecular weight excluding hydrogens is 226 g/mol. The zero-order chi connectivity index (χ0) is 13.1. The molecule has 100 valence electrons. The van der Waals surface area contributed by atoms with Crippen LogP contribution in [-0.2, 0) is 24.2 Å². The lowest BCUT2D eigenvalue weighted by Crippen LogP contribution is -2.31. The van der Waals surface area contributed by atoms with Crippen molar-refractivity contribution in [3.8, 4) is 0 Å². The van der Waals surface area contributed by atoms with Crippen LogP contribution in [-0.4, -0.2) is 21.5 Å². The molecule has 0 unspecified atom stereocenters. The fourth-order valence-electron chi connectivity index (χ4n) is 2.64. The van der Waals surface area contributed by atoms with Gasteiger partial charge in [-0.05, 0) is 46.5 Å². The Morgan fingerprint density at radius 3 is 2.83 bits per heavy atom. The molecule has 1 N–H and O–H groups in total. The van der Waals surface area contributed by atoms with Crippen molar-refractivity contribution < 1.29 is 4.79 Å². The van der Waals surface area contributed by atoms with Crippen molar-refractivity contribution in [1.82, 2.24) is 14.9 Å². The first-order chi connectivity index (χ1) is 8.58. The molecule has 0 aliphatic heterocycles. The molecule has 1 aliphatic carbocycles. The van der Waals surface area contributed by atoms with Crippen LogP contribution >= 0.6 is 0 Å². The van der Waals surface area contributed by atoms with Crippen molar-refractivity contribution in [3.05, 3.63) is 17.2 Å². The van der Waals surface area contributed by atoms with Crippen LogP contribution in [0.2, 0.25) is 0 Å². The minimum atomic E-state index is 0.127. The number of carbonyl (C=O) groups is 1. The summed E-state index contributed by atoms with van der Waals surface area (Å²) in [6.07, 6.45) is 5.25. The molecule has 1 heterocycles. The van der Waals surface area contributed by atoms with Gasteiger partial charge in [0.25, 0.3) is 0 Å². The summed E-state index contributed by atoms with van der Waals surface area (Å²) in [6.45, 7) is 6.77. The lowest BCUT2D eigenvalue weighted by atomic mass is 10.0. The molecule has 4 heteroatoms. The molecule has 0 fully saturated rings. The van der Waals surface area contributed by atoms with E-state index >= 15 is 0 Å². The van der Waals surface area contributed by atoms with Crippen molar-refractivity contribution in [2.75, 3.05) is 0 Å². The molecule has 4 nitrogen and oxygen atoms in total. The summed E-state index contributed by atoms with van der Waals surface area (Å²) < 4.78 is 2.23. The SMILES string of the molecule is Cc1nc2c(n1CCC(=O)NC(C)C)CCCC2. The van der Waals surface area contributed by atoms with Crippen LogP contribution in [0.5, 0.6) is 0 Å². The molecule has 0 saturated heterocycles. The zero-order valence-corrected chi connectivity index (χ0v) is 11.6. The second-order valence-corrected chi connectivity index (χ2v) is 5.38. The summed E-state index contributed by atoms with van der Waals surface area (Å²) in [5, 5.41) is 2.93. The third kappa shape index (κ3) is 2.92. The Hall–Kier alpha value is -1.32. The van der Waals surface area contributed by atoms with Gasteiger partial charge in [0.15, 0.2) is 0 Å². The van der Waals surface area contributed by atoms with Crippen LogP contribution in [0, 0.1) is 6.92 Å². The van der Waals surface area contributed by atoms with Crippen molar-refractivity contribution >= 4 is 5.91 Å². The summed E-state index contributed by atoms with van der Waals surface area (Å²) >= 11 is 0. The average molecular weight is 249 g/mol. The van der Waals surface area contributed by atoms with Gasteiger partial charge >= 0.3 is 0 Å². The minimum Gasteiger partial charge on any atom is -0.354 e. The summed E-state index contributed by atoms with van der Waals surface area (Å²) in [4.78, 5) is 16.3. The number of imidazole rings is 1. The number of rotatable bonds is 4. The van der Waals surface area contributed by atoms with Gasteiger partial charge in [0.05, 0.1) is 5.69 Å². The molecule has 0 aromatic carbocycles. The van der Waals surface area contributed by atoms with Crippen LogP contribution < -0.4 is 5.32 Å². The predicted octanol–water partition coefficient (Wildman–Crippen LogP) is 1.99. The van der Waals surface area contributed by atoms with Crippen LogP contribution in [0.4, 0.5) is 0 Å². The lowest BCUT2D eigenvalue weighted by Gasteiger charge is -2.15. The largest absolute Gasteiger partial charge is 0.354 e. The summed E-state index contributed by atoms with van der Waals surface area (Å²) in [5.74, 6) is 1.18. The molecule has 0 bridgehead atoms. The standard InChI is InChI=1S/C14H23N3O/c1-10(2)15-14(18)8-9-17-11(3)16-12-6-4-5-7-13(12)17/h10H,4-9H2,1-3H3,(H,15,18). The Balaban J connectivity index is 2.01. The maximum Gasteiger partial charge on any atom is 0.221 e. The van der Waals surface area contributed by atoms with Crippen molar-refractivity contribution in [3.63, 3.8) is 0 Å². The van der Waals surface area contributed by atoms with Crippen molar-refractivity contribution in [2.24, 2.45) is 0 Å². The highest BCUT2D eigenvalue weighted by atomic mass is 16.1. The first-order valence-corrected chi connectivity index (χ1v) is 6.92. The third-order valence-corrected chi connectivity index (χ3v) is 3.44. The van der Waals surface area contributed by atoms with E-state index in [9.17, 15) is 4.79 Å². The van der Waals surface area contributed by atoms with E-state index in [-0.39, 0.29) is 11.9 Å². The van der Waals surface area contributed by atoms with Gasteiger partial charge in [0.2, 0.25) is 5.91 Å². The monoisotopic (exact) mass is 249 g/mol. The van der Waals surface area contributed by atoms with E-state index in [4.69, 9.17) is 0 Å². The van der Waals surface area contributed by atoms with Crippen LogP contribution in [0.25, 0.3) is 0 Å². The number of nitrogens with one attached hydrogen (secondary N) is 1. The van der Waals surface area contributed by atoms with Crippen LogP contribution in [0.15, 0.2) is 0 Å². The van der Waals surface area contributed by atoms with E-state index < -0.39 is 0 Å². The van der Waals surface area contributed by atoms with Gasteiger partial charge < -0.3 is 9.88 Å². The Bertz CT molecular complexity index is 434. The smallest absolute Gasteiger partial charge is 0.221 e. The first-order valence-electron chi connectivity index (χ1n) is 6.92. The fraction of sp³-hybridized carbons (Fsp3) is 0.714. The average Bonchev–Trinajstić information content (AvgIpc) is 2.61. The molecule has 18 heavy (non-hydrogen) atoms. The molecule has 1 aromatic heterocycles. The summed E-state index contributed by atoms with van der Waals surface area (Å²) in [5.41, 5.74) is 2.61. The highest BCUT2D eigenvalue weighted by Gasteiger charge is 2.18. The Morgan fingerprint density at radius 2 is 2.11 bits per heavy atom. The van der Waals surface area contributed by atoms with E-state index in [1.165, 1.54) is 24.2 Å². The molecular formula is C14H23N3O. The highest BCUT2D eigenvalue weighted by molar-refractivity contribution is 5.76. The summed E-state index contributed by atoms with van der Waals surface area (Å²) in [7, 11) is 0. The second-order valence-electron chi connectivity index (χ2n) is 5.38. The Kier molecular flexibility index (Phi) is 4.04. The van der Waals surface area contributed by atoms with Gasteiger partial charge in [-0.1, -0.05) is 0 Å². The molecule has 0 atom stereocenters. The maximum absolute atomic E-state index is 11.7. The van der Waals surface area contributed by atoms with Gasteiger partial charge in [-0.15, -0.1) is 0 Å². The number of hydrogen-bond donors (Lipinski definition) is 1. The number of amides is 1. The molecule has 0 spiro atoms. The number of aryl methyl sites for hydroxylation is 2. The second kappa shape index (κ2) is 5.55. The third-order valence-electron chi connectivity index (χ3n) is 3.44. The predicted molar refractivity (Wildman–Crippen MR) is 71.5 cm³/mol. The van der Waals surface area contributed by atoms with Gasteiger partial charge in [-0.3, -0.25) is 4.79 Å². The zero-order valence-electron chi connectivity index (χ0n) is 11.6. The number of carbonyl (C=O) groups excluding carboxylic acids is 1. The van der Waals surface area contributed by atoms with Gasteiger partial charge in [0, 0.05) is 24.7 Å². The van der Waals surface area contributed by atoms with E-state index in [1.807, 2.05) is 20.8 Å². The quantitative estimate of drug-likeness (QED) is 0.887. The lowest BCUT2D eigenvalue weighted by molar-refractivity contribution is -0.121.